The maximum atomic E-state index is 11.1. The second-order valence-electron chi connectivity index (χ2n) is 2.84. The first kappa shape index (κ1) is 10.1. The molecule has 4 heteroatoms. The molecule has 0 aliphatic carbocycles. The van der Waals surface area contributed by atoms with Crippen LogP contribution in [0.5, 0.6) is 0 Å². The molecule has 0 spiro atoms. The van der Waals surface area contributed by atoms with E-state index in [4.69, 9.17) is 5.26 Å². The number of urea groups is 1. The van der Waals surface area contributed by atoms with E-state index in [0.29, 0.717) is 0 Å². The molecule has 0 bridgehead atoms. The quantitative estimate of drug-likeness (QED) is 0.694. The van der Waals surface area contributed by atoms with Crippen molar-refractivity contribution >= 4 is 11.7 Å². The van der Waals surface area contributed by atoms with Crippen LogP contribution >= 0.6 is 0 Å². The number of carbonyl (C=O) groups excluding carboxylic acids is 1. The number of nitriles is 1. The van der Waals surface area contributed by atoms with Crippen molar-refractivity contribution in [2.24, 2.45) is 0 Å². The van der Waals surface area contributed by atoms with E-state index in [9.17, 15) is 4.79 Å². The summed E-state index contributed by atoms with van der Waals surface area (Å²) in [5.41, 5.74) is 1.79. The van der Waals surface area contributed by atoms with Crippen molar-refractivity contribution in [1.29, 1.82) is 5.26 Å². The van der Waals surface area contributed by atoms with E-state index in [0.717, 1.165) is 11.3 Å². The highest BCUT2D eigenvalue weighted by Crippen LogP contribution is 2.08. The van der Waals surface area contributed by atoms with Crippen molar-refractivity contribution in [3.05, 3.63) is 29.8 Å². The molecule has 1 aromatic carbocycles. The zero-order valence-corrected chi connectivity index (χ0v) is 7.87. The summed E-state index contributed by atoms with van der Waals surface area (Å²) in [5.74, 6) is 0. The van der Waals surface area contributed by atoms with Crippen LogP contribution in [0.15, 0.2) is 24.3 Å². The van der Waals surface area contributed by atoms with Crippen molar-refractivity contribution in [2.45, 2.75) is 6.92 Å². The molecule has 0 aliphatic rings. The van der Waals surface area contributed by atoms with Crippen LogP contribution in [-0.2, 0) is 0 Å². The van der Waals surface area contributed by atoms with Gasteiger partial charge in [0, 0.05) is 5.69 Å². The molecule has 0 saturated carbocycles. The van der Waals surface area contributed by atoms with E-state index in [1.165, 1.54) is 0 Å². The lowest BCUT2D eigenvalue weighted by atomic mass is 10.2. The van der Waals surface area contributed by atoms with Gasteiger partial charge in [0.25, 0.3) is 0 Å². The normalized spacial score (nSPS) is 8.86. The molecule has 0 aromatic heterocycles. The SMILES string of the molecule is Cc1cccc(NC(=O)NCC#N)c1. The molecule has 2 amide bonds. The lowest BCUT2D eigenvalue weighted by Gasteiger charge is -2.05. The number of hydrogen-bond acceptors (Lipinski definition) is 2. The molecule has 1 rings (SSSR count). The zero-order chi connectivity index (χ0) is 10.4. The van der Waals surface area contributed by atoms with Crippen molar-refractivity contribution < 1.29 is 4.79 Å². The average Bonchev–Trinajstić information content (AvgIpc) is 2.15. The Morgan fingerprint density at radius 3 is 3.00 bits per heavy atom. The Morgan fingerprint density at radius 2 is 2.36 bits per heavy atom. The van der Waals surface area contributed by atoms with Crippen LogP contribution in [0.25, 0.3) is 0 Å². The van der Waals surface area contributed by atoms with Gasteiger partial charge in [0.05, 0.1) is 6.07 Å². The smallest absolute Gasteiger partial charge is 0.320 e. The summed E-state index contributed by atoms with van der Waals surface area (Å²) in [6.07, 6.45) is 0. The Kier molecular flexibility index (Phi) is 3.50. The molecule has 1 aromatic rings. The standard InChI is InChI=1S/C10H11N3O/c1-8-3-2-4-9(7-8)13-10(14)12-6-5-11/h2-4,7H,6H2,1H3,(H2,12,13,14). The first-order chi connectivity index (χ1) is 6.72. The van der Waals surface area contributed by atoms with E-state index in [2.05, 4.69) is 10.6 Å². The van der Waals surface area contributed by atoms with Crippen LogP contribution in [0.4, 0.5) is 10.5 Å². The molecule has 0 radical (unpaired) electrons. The Morgan fingerprint density at radius 1 is 1.57 bits per heavy atom. The molecule has 0 atom stereocenters. The lowest BCUT2D eigenvalue weighted by Crippen LogP contribution is -2.28. The zero-order valence-electron chi connectivity index (χ0n) is 7.87. The molecular formula is C10H11N3O. The number of carbonyl (C=O) groups is 1. The summed E-state index contributed by atoms with van der Waals surface area (Å²) in [4.78, 5) is 11.1. The minimum atomic E-state index is -0.364. The summed E-state index contributed by atoms with van der Waals surface area (Å²) < 4.78 is 0. The second kappa shape index (κ2) is 4.87. The van der Waals surface area contributed by atoms with E-state index in [-0.39, 0.29) is 12.6 Å². The molecular weight excluding hydrogens is 178 g/mol. The number of nitrogens with one attached hydrogen (secondary N) is 2. The van der Waals surface area contributed by atoms with Gasteiger partial charge in [-0.25, -0.2) is 4.79 Å². The Hall–Kier alpha value is -2.02. The van der Waals surface area contributed by atoms with Gasteiger partial charge in [-0.05, 0) is 24.6 Å². The molecule has 14 heavy (non-hydrogen) atoms. The van der Waals surface area contributed by atoms with Gasteiger partial charge in [0.2, 0.25) is 0 Å². The van der Waals surface area contributed by atoms with Crippen LogP contribution in [0.1, 0.15) is 5.56 Å². The summed E-state index contributed by atoms with van der Waals surface area (Å²) in [6, 6.07) is 8.90. The summed E-state index contributed by atoms with van der Waals surface area (Å²) in [5, 5.41) is 13.2. The molecule has 4 nitrogen and oxygen atoms in total. The van der Waals surface area contributed by atoms with Gasteiger partial charge in [-0.3, -0.25) is 0 Å². The number of rotatable bonds is 2. The number of anilines is 1. The third-order valence-corrected chi connectivity index (χ3v) is 1.60. The highest BCUT2D eigenvalue weighted by molar-refractivity contribution is 5.89. The van der Waals surface area contributed by atoms with Crippen LogP contribution in [-0.4, -0.2) is 12.6 Å². The Labute approximate surface area is 82.5 Å². The highest BCUT2D eigenvalue weighted by Gasteiger charge is 1.99. The summed E-state index contributed by atoms with van der Waals surface area (Å²) in [7, 11) is 0. The number of aryl methyl sites for hydroxylation is 1. The number of hydrogen-bond donors (Lipinski definition) is 2. The summed E-state index contributed by atoms with van der Waals surface area (Å²) in [6.45, 7) is 1.95. The predicted molar refractivity (Wildman–Crippen MR) is 53.8 cm³/mol. The fourth-order valence-corrected chi connectivity index (χ4v) is 1.02. The lowest BCUT2D eigenvalue weighted by molar-refractivity contribution is 0.253. The van der Waals surface area contributed by atoms with E-state index < -0.39 is 0 Å². The largest absolute Gasteiger partial charge is 0.325 e. The van der Waals surface area contributed by atoms with Gasteiger partial charge in [-0.2, -0.15) is 5.26 Å². The maximum Gasteiger partial charge on any atom is 0.320 e. The molecule has 0 fully saturated rings. The second-order valence-corrected chi connectivity index (χ2v) is 2.84. The van der Waals surface area contributed by atoms with Gasteiger partial charge in [-0.15, -0.1) is 0 Å². The Balaban J connectivity index is 2.53. The minimum absolute atomic E-state index is 0.0116. The van der Waals surface area contributed by atoms with Crippen molar-refractivity contribution in [2.75, 3.05) is 11.9 Å². The molecule has 0 unspecified atom stereocenters. The van der Waals surface area contributed by atoms with Crippen molar-refractivity contribution in [3.8, 4) is 6.07 Å². The highest BCUT2D eigenvalue weighted by atomic mass is 16.2. The number of amides is 2. The van der Waals surface area contributed by atoms with Gasteiger partial charge in [0.1, 0.15) is 6.54 Å². The monoisotopic (exact) mass is 189 g/mol. The van der Waals surface area contributed by atoms with Crippen LogP contribution in [0.2, 0.25) is 0 Å². The van der Waals surface area contributed by atoms with E-state index in [1.807, 2.05) is 31.2 Å². The minimum Gasteiger partial charge on any atom is -0.325 e. The van der Waals surface area contributed by atoms with Gasteiger partial charge in [0.15, 0.2) is 0 Å². The van der Waals surface area contributed by atoms with Gasteiger partial charge < -0.3 is 10.6 Å². The third kappa shape index (κ3) is 3.15. The van der Waals surface area contributed by atoms with Gasteiger partial charge in [-0.1, -0.05) is 12.1 Å². The van der Waals surface area contributed by atoms with E-state index in [1.54, 1.807) is 6.07 Å². The average molecular weight is 189 g/mol. The summed E-state index contributed by atoms with van der Waals surface area (Å²) >= 11 is 0. The topological polar surface area (TPSA) is 64.9 Å². The number of nitrogens with zero attached hydrogens (tertiary/aromatic N) is 1. The molecule has 2 N–H and O–H groups in total. The van der Waals surface area contributed by atoms with Crippen molar-refractivity contribution in [1.82, 2.24) is 5.32 Å². The fraction of sp³-hybridized carbons (Fsp3) is 0.200. The fourth-order valence-electron chi connectivity index (χ4n) is 1.02. The third-order valence-electron chi connectivity index (χ3n) is 1.60. The van der Waals surface area contributed by atoms with Crippen LogP contribution in [0, 0.1) is 18.3 Å². The molecule has 0 aliphatic heterocycles. The predicted octanol–water partition coefficient (Wildman–Crippen LogP) is 1.64. The van der Waals surface area contributed by atoms with Crippen LogP contribution < -0.4 is 10.6 Å². The van der Waals surface area contributed by atoms with E-state index >= 15 is 0 Å². The van der Waals surface area contributed by atoms with Gasteiger partial charge >= 0.3 is 6.03 Å². The van der Waals surface area contributed by atoms with Crippen LogP contribution in [0.3, 0.4) is 0 Å². The molecule has 72 valence electrons. The number of benzene rings is 1. The first-order valence-electron chi connectivity index (χ1n) is 4.21. The molecule has 0 heterocycles. The maximum absolute atomic E-state index is 11.1. The molecule has 0 saturated heterocycles. The Bertz CT molecular complexity index is 368. The first-order valence-corrected chi connectivity index (χ1v) is 4.21. The van der Waals surface area contributed by atoms with Crippen molar-refractivity contribution in [3.63, 3.8) is 0 Å².